The van der Waals surface area contributed by atoms with Gasteiger partial charge in [-0.05, 0) is 6.92 Å². The van der Waals surface area contributed by atoms with E-state index in [1.54, 1.807) is 14.0 Å². The van der Waals surface area contributed by atoms with Crippen LogP contribution >= 0.6 is 27.5 Å². The molecular formula is C8H10BrClN2O2. The van der Waals surface area contributed by atoms with Crippen LogP contribution in [0.1, 0.15) is 23.1 Å². The number of carbonyl (C=O) groups excluding carboxylic acids is 1. The fraction of sp³-hybridized carbons (Fsp3) is 0.500. The lowest BCUT2D eigenvalue weighted by atomic mass is 10.3. The highest BCUT2D eigenvalue weighted by Gasteiger charge is 2.20. The normalized spacial score (nSPS) is 10.3. The number of rotatable bonds is 3. The number of alkyl halides is 1. The van der Waals surface area contributed by atoms with E-state index in [0.717, 1.165) is 0 Å². The van der Waals surface area contributed by atoms with E-state index >= 15 is 0 Å². The predicted octanol–water partition coefficient (Wildman–Crippen LogP) is 2.15. The Morgan fingerprint density at radius 3 is 2.79 bits per heavy atom. The van der Waals surface area contributed by atoms with Crippen molar-refractivity contribution in [1.29, 1.82) is 0 Å². The van der Waals surface area contributed by atoms with E-state index in [-0.39, 0.29) is 0 Å². The number of hydrogen-bond donors (Lipinski definition) is 0. The third-order valence-corrected chi connectivity index (χ3v) is 2.58. The monoisotopic (exact) mass is 280 g/mol. The van der Waals surface area contributed by atoms with Gasteiger partial charge < -0.3 is 4.74 Å². The van der Waals surface area contributed by atoms with E-state index in [1.807, 2.05) is 0 Å². The van der Waals surface area contributed by atoms with Gasteiger partial charge in [-0.2, -0.15) is 5.10 Å². The molecule has 0 aliphatic rings. The van der Waals surface area contributed by atoms with Crippen LogP contribution in [0.3, 0.4) is 0 Å². The Kier molecular flexibility index (Phi) is 3.95. The maximum absolute atomic E-state index is 11.4. The summed E-state index contributed by atoms with van der Waals surface area (Å²) in [6.45, 7) is 2.07. The Balaban J connectivity index is 3.07. The van der Waals surface area contributed by atoms with Crippen LogP contribution in [0.15, 0.2) is 0 Å². The Morgan fingerprint density at radius 1 is 1.71 bits per heavy atom. The average molecular weight is 282 g/mol. The number of ether oxygens (including phenoxy) is 1. The van der Waals surface area contributed by atoms with Crippen molar-refractivity contribution in [3.63, 3.8) is 0 Å². The van der Waals surface area contributed by atoms with Crippen LogP contribution in [0.5, 0.6) is 0 Å². The number of halogens is 2. The molecule has 0 unspecified atom stereocenters. The number of aromatic nitrogens is 2. The standard InChI is InChI=1S/C8H10BrClN2O2/c1-3-14-8(13)7-6(10)5(4-9)11-12(7)2/h3-4H2,1-2H3. The average Bonchev–Trinajstić information content (AvgIpc) is 2.41. The molecule has 6 heteroatoms. The predicted molar refractivity (Wildman–Crippen MR) is 56.8 cm³/mol. The van der Waals surface area contributed by atoms with E-state index < -0.39 is 5.97 Å². The second-order valence-corrected chi connectivity index (χ2v) is 3.53. The molecule has 0 spiro atoms. The highest BCUT2D eigenvalue weighted by molar-refractivity contribution is 9.08. The molecule has 0 atom stereocenters. The first kappa shape index (κ1) is 11.5. The Bertz CT molecular complexity index is 351. The first-order valence-electron chi connectivity index (χ1n) is 4.06. The van der Waals surface area contributed by atoms with E-state index in [1.165, 1.54) is 4.68 Å². The number of nitrogens with zero attached hydrogens (tertiary/aromatic N) is 2. The molecule has 0 aliphatic heterocycles. The third kappa shape index (κ3) is 2.09. The van der Waals surface area contributed by atoms with Gasteiger partial charge in [0, 0.05) is 12.4 Å². The van der Waals surface area contributed by atoms with E-state index in [4.69, 9.17) is 16.3 Å². The van der Waals surface area contributed by atoms with Crippen molar-refractivity contribution in [2.24, 2.45) is 7.05 Å². The van der Waals surface area contributed by atoms with Gasteiger partial charge in [-0.3, -0.25) is 4.68 Å². The van der Waals surface area contributed by atoms with Crippen molar-refractivity contribution in [3.05, 3.63) is 16.4 Å². The third-order valence-electron chi connectivity index (χ3n) is 1.65. The summed E-state index contributed by atoms with van der Waals surface area (Å²) in [6, 6.07) is 0. The minimum Gasteiger partial charge on any atom is -0.461 e. The van der Waals surface area contributed by atoms with E-state index in [9.17, 15) is 4.79 Å². The number of carbonyl (C=O) groups is 1. The molecule has 0 fully saturated rings. The first-order valence-corrected chi connectivity index (χ1v) is 5.56. The molecule has 1 heterocycles. The quantitative estimate of drug-likeness (QED) is 0.630. The van der Waals surface area contributed by atoms with Crippen molar-refractivity contribution >= 4 is 33.5 Å². The number of esters is 1. The molecule has 0 bridgehead atoms. The zero-order chi connectivity index (χ0) is 10.7. The van der Waals surface area contributed by atoms with Gasteiger partial charge in [0.05, 0.1) is 17.3 Å². The second-order valence-electron chi connectivity index (χ2n) is 2.59. The fourth-order valence-electron chi connectivity index (χ4n) is 1.06. The Labute approximate surface area is 95.3 Å². The lowest BCUT2D eigenvalue weighted by Gasteiger charge is -2.01. The minimum atomic E-state index is -0.445. The zero-order valence-corrected chi connectivity index (χ0v) is 10.2. The van der Waals surface area contributed by atoms with Crippen molar-refractivity contribution in [2.75, 3.05) is 6.61 Å². The van der Waals surface area contributed by atoms with E-state index in [0.29, 0.717) is 28.3 Å². The highest BCUT2D eigenvalue weighted by Crippen LogP contribution is 2.22. The molecule has 0 aliphatic carbocycles. The summed E-state index contributed by atoms with van der Waals surface area (Å²) in [6.07, 6.45) is 0. The van der Waals surface area contributed by atoms with Gasteiger partial charge in [0.15, 0.2) is 5.69 Å². The lowest BCUT2D eigenvalue weighted by Crippen LogP contribution is -2.10. The largest absolute Gasteiger partial charge is 0.461 e. The number of aryl methyl sites for hydroxylation is 1. The SMILES string of the molecule is CCOC(=O)c1c(Cl)c(CBr)nn1C. The summed E-state index contributed by atoms with van der Waals surface area (Å²) < 4.78 is 6.28. The van der Waals surface area contributed by atoms with Gasteiger partial charge in [-0.15, -0.1) is 0 Å². The molecule has 14 heavy (non-hydrogen) atoms. The van der Waals surface area contributed by atoms with Crippen molar-refractivity contribution < 1.29 is 9.53 Å². The van der Waals surface area contributed by atoms with Crippen LogP contribution < -0.4 is 0 Å². The molecule has 0 aromatic carbocycles. The lowest BCUT2D eigenvalue weighted by molar-refractivity contribution is 0.0514. The molecular weight excluding hydrogens is 271 g/mol. The van der Waals surface area contributed by atoms with Gasteiger partial charge in [0.2, 0.25) is 0 Å². The molecule has 4 nitrogen and oxygen atoms in total. The summed E-state index contributed by atoms with van der Waals surface area (Å²) in [4.78, 5) is 11.4. The molecule has 0 saturated carbocycles. The van der Waals surface area contributed by atoms with Crippen LogP contribution in [0.4, 0.5) is 0 Å². The van der Waals surface area contributed by atoms with Crippen LogP contribution in [-0.2, 0) is 17.1 Å². The summed E-state index contributed by atoms with van der Waals surface area (Å²) >= 11 is 9.18. The fourth-order valence-corrected chi connectivity index (χ4v) is 1.92. The molecule has 1 aromatic rings. The highest BCUT2D eigenvalue weighted by atomic mass is 79.9. The van der Waals surface area contributed by atoms with Crippen molar-refractivity contribution in [2.45, 2.75) is 12.3 Å². The van der Waals surface area contributed by atoms with Gasteiger partial charge in [-0.25, -0.2) is 4.79 Å². The van der Waals surface area contributed by atoms with Crippen LogP contribution in [-0.4, -0.2) is 22.4 Å². The van der Waals surface area contributed by atoms with E-state index in [2.05, 4.69) is 21.0 Å². The second kappa shape index (κ2) is 4.79. The minimum absolute atomic E-state index is 0.294. The molecule has 1 aromatic heterocycles. The van der Waals surface area contributed by atoms with Gasteiger partial charge in [0.25, 0.3) is 0 Å². The Hall–Kier alpha value is -0.550. The van der Waals surface area contributed by atoms with Gasteiger partial charge >= 0.3 is 5.97 Å². The van der Waals surface area contributed by atoms with Crippen LogP contribution in [0.2, 0.25) is 5.02 Å². The van der Waals surface area contributed by atoms with Gasteiger partial charge in [0.1, 0.15) is 0 Å². The smallest absolute Gasteiger partial charge is 0.358 e. The van der Waals surface area contributed by atoms with Gasteiger partial charge in [-0.1, -0.05) is 27.5 Å². The zero-order valence-electron chi connectivity index (χ0n) is 7.88. The molecule has 0 N–H and O–H groups in total. The summed E-state index contributed by atoms with van der Waals surface area (Å²) in [5.41, 5.74) is 0.931. The molecule has 0 saturated heterocycles. The van der Waals surface area contributed by atoms with Crippen LogP contribution in [0.25, 0.3) is 0 Å². The molecule has 0 radical (unpaired) electrons. The molecule has 1 rings (SSSR count). The number of hydrogen-bond acceptors (Lipinski definition) is 3. The topological polar surface area (TPSA) is 44.1 Å². The van der Waals surface area contributed by atoms with Crippen molar-refractivity contribution in [1.82, 2.24) is 9.78 Å². The first-order chi connectivity index (χ1) is 6.61. The maximum atomic E-state index is 11.4. The molecule has 78 valence electrons. The molecule has 0 amide bonds. The van der Waals surface area contributed by atoms with Crippen molar-refractivity contribution in [3.8, 4) is 0 Å². The maximum Gasteiger partial charge on any atom is 0.358 e. The summed E-state index contributed by atoms with van der Waals surface area (Å²) in [5, 5.41) is 4.93. The van der Waals surface area contributed by atoms with Crippen LogP contribution in [0, 0.1) is 0 Å². The summed E-state index contributed by atoms with van der Waals surface area (Å²) in [5.74, 6) is -0.445. The Morgan fingerprint density at radius 2 is 2.36 bits per heavy atom. The summed E-state index contributed by atoms with van der Waals surface area (Å²) in [7, 11) is 1.66.